The highest BCUT2D eigenvalue weighted by molar-refractivity contribution is 7.83. The summed E-state index contributed by atoms with van der Waals surface area (Å²) in [6, 6.07) is 6.27. The van der Waals surface area contributed by atoms with E-state index in [9.17, 15) is 13.8 Å². The van der Waals surface area contributed by atoms with Crippen molar-refractivity contribution in [2.24, 2.45) is 5.41 Å². The molecule has 0 aliphatic rings. The van der Waals surface area contributed by atoms with Crippen molar-refractivity contribution < 1.29 is 28.5 Å². The van der Waals surface area contributed by atoms with Crippen molar-refractivity contribution in [1.29, 1.82) is 0 Å². The van der Waals surface area contributed by atoms with Gasteiger partial charge >= 0.3 is 11.9 Å². The fourth-order valence-electron chi connectivity index (χ4n) is 1.63. The molecule has 3 N–H and O–H groups in total. The molecule has 0 saturated heterocycles. The molecular weight excluding hydrogens is 396 g/mol. The number of aliphatic carboxylic acids is 1. The number of rotatable bonds is 10. The summed E-state index contributed by atoms with van der Waals surface area (Å²) in [5.74, 6) is -1.08. The summed E-state index contributed by atoms with van der Waals surface area (Å²) in [4.78, 5) is 27.8. The zero-order chi connectivity index (χ0) is 21.9. The van der Waals surface area contributed by atoms with Crippen molar-refractivity contribution in [1.82, 2.24) is 10.2 Å². The minimum atomic E-state index is -1.63. The van der Waals surface area contributed by atoms with Gasteiger partial charge in [-0.05, 0) is 58.0 Å². The first-order chi connectivity index (χ1) is 13.6. The molecule has 1 unspecified atom stereocenters. The van der Waals surface area contributed by atoms with Crippen molar-refractivity contribution in [2.75, 3.05) is 6.54 Å². The minimum Gasteiger partial charge on any atom is -0.480 e. The average Bonchev–Trinajstić information content (AvgIpc) is 2.64. The Labute approximate surface area is 172 Å². The largest absolute Gasteiger partial charge is 0.480 e. The molecule has 0 bridgehead atoms. The van der Waals surface area contributed by atoms with E-state index in [1.165, 1.54) is 6.26 Å². The molecule has 29 heavy (non-hydrogen) atoms. The fourth-order valence-corrected chi connectivity index (χ4v) is 2.46. The Hall–Kier alpha value is -2.91. The summed E-state index contributed by atoms with van der Waals surface area (Å²) in [5, 5.41) is 8.59. The number of hydroxylamine groups is 1. The molecule has 0 spiro atoms. The van der Waals surface area contributed by atoms with E-state index in [2.05, 4.69) is 10.2 Å². The molecule has 1 atom stereocenters. The van der Waals surface area contributed by atoms with Crippen LogP contribution in [0.2, 0.25) is 0 Å². The third-order valence-corrected chi connectivity index (χ3v) is 4.26. The number of carboxylic acids is 1. The second-order valence-electron chi connectivity index (χ2n) is 6.77. The molecule has 0 aliphatic carbocycles. The molecule has 0 aromatic heterocycles. The summed E-state index contributed by atoms with van der Waals surface area (Å²) < 4.78 is 20.6. The second-order valence-corrected chi connectivity index (χ2v) is 7.99. The number of benzene rings is 1. The first kappa shape index (κ1) is 24.1. The topological polar surface area (TPSA) is 114 Å². The quantitative estimate of drug-likeness (QED) is 0.133. The Morgan fingerprint density at radius 2 is 1.83 bits per heavy atom. The molecule has 9 heteroatoms. The number of hydrogen-bond acceptors (Lipinski definition) is 6. The highest BCUT2D eigenvalue weighted by Crippen LogP contribution is 2.20. The Morgan fingerprint density at radius 1 is 1.17 bits per heavy atom. The lowest BCUT2D eigenvalue weighted by molar-refractivity contribution is -0.143. The summed E-state index contributed by atoms with van der Waals surface area (Å²) >= 11 is 0. The fraction of sp³-hybridized carbons (Fsp3) is 0.300. The highest BCUT2D eigenvalue weighted by Gasteiger charge is 2.23. The first-order valence-corrected chi connectivity index (χ1v) is 9.89. The lowest BCUT2D eigenvalue weighted by Crippen LogP contribution is -2.25. The van der Waals surface area contributed by atoms with Crippen LogP contribution < -0.4 is 14.9 Å². The molecule has 1 aromatic rings. The highest BCUT2D eigenvalue weighted by atomic mass is 32.2. The smallest absolute Gasteiger partial charge is 0.320 e. The van der Waals surface area contributed by atoms with E-state index in [0.717, 1.165) is 0 Å². The monoisotopic (exact) mass is 422 g/mol. The zero-order valence-corrected chi connectivity index (χ0v) is 17.6. The molecule has 0 saturated carbocycles. The molecule has 0 aliphatic heterocycles. The van der Waals surface area contributed by atoms with Crippen LogP contribution in [0, 0.1) is 5.41 Å². The van der Waals surface area contributed by atoms with Crippen LogP contribution in [0.25, 0.3) is 0 Å². The predicted molar refractivity (Wildman–Crippen MR) is 110 cm³/mol. The van der Waals surface area contributed by atoms with Gasteiger partial charge in [-0.2, -0.15) is 0 Å². The van der Waals surface area contributed by atoms with Crippen LogP contribution in [0.3, 0.4) is 0 Å². The number of carbonyl (C=O) groups is 2. The van der Waals surface area contributed by atoms with Gasteiger partial charge < -0.3 is 14.7 Å². The second kappa shape index (κ2) is 11.8. The van der Waals surface area contributed by atoms with Gasteiger partial charge in [0.15, 0.2) is 0 Å². The van der Waals surface area contributed by atoms with E-state index >= 15 is 0 Å². The van der Waals surface area contributed by atoms with Gasteiger partial charge in [-0.3, -0.25) is 14.3 Å². The molecule has 0 radical (unpaired) electrons. The van der Waals surface area contributed by atoms with Crippen molar-refractivity contribution in [3.63, 3.8) is 0 Å². The third kappa shape index (κ3) is 9.72. The van der Waals surface area contributed by atoms with Crippen molar-refractivity contribution in [3.05, 3.63) is 60.5 Å². The van der Waals surface area contributed by atoms with Gasteiger partial charge in [-0.25, -0.2) is 4.21 Å². The summed E-state index contributed by atoms with van der Waals surface area (Å²) in [7, 11) is -1.63. The molecular formula is C20H26N2O6S. The van der Waals surface area contributed by atoms with Crippen LogP contribution in [-0.2, 0) is 25.4 Å². The van der Waals surface area contributed by atoms with Gasteiger partial charge in [-0.1, -0.05) is 18.2 Å². The maximum Gasteiger partial charge on any atom is 0.320 e. The molecule has 0 heterocycles. The van der Waals surface area contributed by atoms with E-state index in [0.29, 0.717) is 16.3 Å². The molecule has 1 aromatic carbocycles. The lowest BCUT2D eigenvalue weighted by atomic mass is 9.97. The Bertz CT molecular complexity index is 807. The molecule has 0 fully saturated rings. The maximum atomic E-state index is 12.6. The van der Waals surface area contributed by atoms with E-state index in [1.807, 2.05) is 13.0 Å². The number of hydrogen-bond donors (Lipinski definition) is 3. The number of nitrogens with one attached hydrogen (secondary N) is 2. The van der Waals surface area contributed by atoms with Gasteiger partial charge in [0, 0.05) is 0 Å². The number of carboxylic acid groups (broad SMARTS) is 1. The summed E-state index contributed by atoms with van der Waals surface area (Å²) in [5.41, 5.74) is 1.96. The number of carbonyl (C=O) groups excluding carboxylic acids is 1. The van der Waals surface area contributed by atoms with Gasteiger partial charge in [0.05, 0.1) is 16.0 Å². The minimum absolute atomic E-state index is 0.350. The number of allylic oxidation sites excluding steroid dienone is 4. The summed E-state index contributed by atoms with van der Waals surface area (Å²) in [6.45, 7) is 6.72. The lowest BCUT2D eigenvalue weighted by Gasteiger charge is -2.16. The van der Waals surface area contributed by atoms with Crippen LogP contribution in [-0.4, -0.2) is 27.8 Å². The van der Waals surface area contributed by atoms with Crippen LogP contribution in [0.15, 0.2) is 65.4 Å². The number of esters is 1. The normalized spacial score (nSPS) is 13.4. The maximum absolute atomic E-state index is 12.6. The predicted octanol–water partition coefficient (Wildman–Crippen LogP) is 2.83. The van der Waals surface area contributed by atoms with Gasteiger partial charge in [0.2, 0.25) is 0 Å². The van der Waals surface area contributed by atoms with Crippen LogP contribution >= 0.6 is 0 Å². The van der Waals surface area contributed by atoms with Gasteiger partial charge in [0.25, 0.3) is 0 Å². The molecule has 0 amide bonds. The van der Waals surface area contributed by atoms with Crippen molar-refractivity contribution in [3.8, 4) is 5.75 Å². The van der Waals surface area contributed by atoms with Crippen LogP contribution in [0.5, 0.6) is 5.75 Å². The molecule has 158 valence electrons. The van der Waals surface area contributed by atoms with E-state index in [4.69, 9.17) is 14.7 Å². The van der Waals surface area contributed by atoms with E-state index in [-0.39, 0.29) is 12.5 Å². The third-order valence-electron chi connectivity index (χ3n) is 3.14. The van der Waals surface area contributed by atoms with Crippen LogP contribution in [0.4, 0.5) is 0 Å². The van der Waals surface area contributed by atoms with E-state index in [1.54, 1.807) is 63.3 Å². The zero-order valence-electron chi connectivity index (χ0n) is 16.8. The first-order valence-electron chi connectivity index (χ1n) is 8.74. The Morgan fingerprint density at radius 3 is 2.38 bits per heavy atom. The Kier molecular flexibility index (Phi) is 9.84. The summed E-state index contributed by atoms with van der Waals surface area (Å²) in [6.07, 6.45) is 8.10. The van der Waals surface area contributed by atoms with Crippen molar-refractivity contribution in [2.45, 2.75) is 32.6 Å². The molecule has 1 rings (SSSR count). The SMILES string of the molecule is C\C=C/C=C\C(=C/ONCC(=O)O)NS(=O)c1ccc(OC(=O)C(C)(C)C)cc1. The van der Waals surface area contributed by atoms with Crippen LogP contribution in [0.1, 0.15) is 27.7 Å². The standard InChI is InChI=1S/C20H26N2O6S/c1-5-6-7-8-15(14-27-21-13-18(23)24)22-29(26)17-11-9-16(10-12-17)28-19(25)20(2,3)4/h5-12,14,21-22H,13H2,1-4H3,(H,23,24)/b6-5-,8-7-,15-14+. The number of ether oxygens (including phenoxy) is 1. The molecule has 8 nitrogen and oxygen atoms in total. The van der Waals surface area contributed by atoms with Gasteiger partial charge in [0.1, 0.15) is 29.5 Å². The van der Waals surface area contributed by atoms with E-state index < -0.39 is 22.4 Å². The van der Waals surface area contributed by atoms with Crippen molar-refractivity contribution >= 4 is 22.9 Å². The average molecular weight is 423 g/mol. The van der Waals surface area contributed by atoms with Gasteiger partial charge in [-0.15, -0.1) is 5.48 Å². The Balaban J connectivity index is 2.81.